The SMILES string of the molecule is CC(C)C[C@H]1[C@@H]2CCCC2NCCN1C. The summed E-state index contributed by atoms with van der Waals surface area (Å²) in [6.07, 6.45) is 5.66. The van der Waals surface area contributed by atoms with Crippen LogP contribution < -0.4 is 5.32 Å². The average molecular weight is 210 g/mol. The molecule has 0 amide bonds. The lowest BCUT2D eigenvalue weighted by molar-refractivity contribution is 0.164. The molecule has 88 valence electrons. The maximum atomic E-state index is 3.74. The first-order chi connectivity index (χ1) is 7.18. The Balaban J connectivity index is 2.06. The van der Waals surface area contributed by atoms with Crippen molar-refractivity contribution in [1.82, 2.24) is 10.2 Å². The third kappa shape index (κ3) is 2.54. The van der Waals surface area contributed by atoms with Gasteiger partial charge in [0.1, 0.15) is 0 Å². The molecular weight excluding hydrogens is 184 g/mol. The molecule has 15 heavy (non-hydrogen) atoms. The van der Waals surface area contributed by atoms with E-state index in [9.17, 15) is 0 Å². The molecule has 2 aliphatic rings. The fourth-order valence-corrected chi connectivity index (χ4v) is 3.46. The standard InChI is InChI=1S/C13H26N2/c1-10(2)9-13-11-5-4-6-12(11)14-7-8-15(13)3/h10-14H,4-9H2,1-3H3/t11-,12?,13+/m1/s1. The summed E-state index contributed by atoms with van der Waals surface area (Å²) < 4.78 is 0. The lowest BCUT2D eigenvalue weighted by Crippen LogP contribution is -2.41. The van der Waals surface area contributed by atoms with Crippen LogP contribution in [-0.4, -0.2) is 37.1 Å². The topological polar surface area (TPSA) is 15.3 Å². The van der Waals surface area contributed by atoms with Crippen LogP contribution in [0.15, 0.2) is 0 Å². The molecule has 3 atom stereocenters. The predicted molar refractivity (Wildman–Crippen MR) is 65.0 cm³/mol. The lowest BCUT2D eigenvalue weighted by Gasteiger charge is -2.33. The van der Waals surface area contributed by atoms with E-state index in [4.69, 9.17) is 0 Å². The van der Waals surface area contributed by atoms with Crippen molar-refractivity contribution in [3.63, 3.8) is 0 Å². The maximum absolute atomic E-state index is 3.74. The molecular formula is C13H26N2. The summed E-state index contributed by atoms with van der Waals surface area (Å²) in [6, 6.07) is 1.64. The van der Waals surface area contributed by atoms with E-state index in [1.54, 1.807) is 0 Å². The fourth-order valence-electron chi connectivity index (χ4n) is 3.46. The van der Waals surface area contributed by atoms with E-state index < -0.39 is 0 Å². The zero-order valence-electron chi connectivity index (χ0n) is 10.5. The first-order valence-corrected chi connectivity index (χ1v) is 6.62. The number of hydrogen-bond acceptors (Lipinski definition) is 2. The number of fused-ring (bicyclic) bond motifs is 1. The second-order valence-corrected chi connectivity index (χ2v) is 5.83. The van der Waals surface area contributed by atoms with Crippen molar-refractivity contribution in [3.8, 4) is 0 Å². The molecule has 1 saturated carbocycles. The number of hydrogen-bond donors (Lipinski definition) is 1. The van der Waals surface area contributed by atoms with Crippen molar-refractivity contribution in [3.05, 3.63) is 0 Å². The van der Waals surface area contributed by atoms with Gasteiger partial charge in [0.05, 0.1) is 0 Å². The molecule has 2 nitrogen and oxygen atoms in total. The molecule has 2 heteroatoms. The minimum Gasteiger partial charge on any atom is -0.312 e. The van der Waals surface area contributed by atoms with Crippen molar-refractivity contribution in [2.75, 3.05) is 20.1 Å². The lowest BCUT2D eigenvalue weighted by atomic mass is 9.88. The summed E-state index contributed by atoms with van der Waals surface area (Å²) in [6.45, 7) is 7.13. The second-order valence-electron chi connectivity index (χ2n) is 5.83. The fraction of sp³-hybridized carbons (Fsp3) is 1.00. The van der Waals surface area contributed by atoms with Crippen LogP contribution in [0.4, 0.5) is 0 Å². The van der Waals surface area contributed by atoms with Gasteiger partial charge in [-0.25, -0.2) is 0 Å². The van der Waals surface area contributed by atoms with Gasteiger partial charge in [-0.15, -0.1) is 0 Å². The Hall–Kier alpha value is -0.0800. The normalized spacial score (nSPS) is 38.0. The summed E-state index contributed by atoms with van der Waals surface area (Å²) in [5, 5.41) is 3.74. The largest absolute Gasteiger partial charge is 0.312 e. The van der Waals surface area contributed by atoms with Crippen molar-refractivity contribution in [2.45, 2.75) is 51.6 Å². The van der Waals surface area contributed by atoms with E-state index in [2.05, 4.69) is 31.1 Å². The highest BCUT2D eigenvalue weighted by Crippen LogP contribution is 2.34. The van der Waals surface area contributed by atoms with Gasteiger partial charge in [-0.05, 0) is 38.1 Å². The average Bonchev–Trinajstić information content (AvgIpc) is 2.57. The van der Waals surface area contributed by atoms with E-state index in [0.717, 1.165) is 23.9 Å². The van der Waals surface area contributed by atoms with E-state index in [1.807, 2.05) is 0 Å². The molecule has 0 spiro atoms. The summed E-state index contributed by atoms with van der Waals surface area (Å²) in [7, 11) is 2.31. The third-order valence-electron chi connectivity index (χ3n) is 4.21. The molecule has 2 rings (SSSR count). The maximum Gasteiger partial charge on any atom is 0.0138 e. The Kier molecular flexibility index (Phi) is 3.68. The molecule has 1 N–H and O–H groups in total. The Morgan fingerprint density at radius 2 is 2.13 bits per heavy atom. The van der Waals surface area contributed by atoms with E-state index in [-0.39, 0.29) is 0 Å². The number of likely N-dealkylation sites (N-methyl/N-ethyl adjacent to an activating group) is 1. The van der Waals surface area contributed by atoms with Gasteiger partial charge in [-0.1, -0.05) is 20.3 Å². The zero-order chi connectivity index (χ0) is 10.8. The summed E-state index contributed by atoms with van der Waals surface area (Å²) in [4.78, 5) is 2.60. The third-order valence-corrected chi connectivity index (χ3v) is 4.21. The number of rotatable bonds is 2. The van der Waals surface area contributed by atoms with Crippen LogP contribution in [-0.2, 0) is 0 Å². The van der Waals surface area contributed by atoms with Crippen LogP contribution in [0.1, 0.15) is 39.5 Å². The van der Waals surface area contributed by atoms with Crippen molar-refractivity contribution in [2.24, 2.45) is 11.8 Å². The van der Waals surface area contributed by atoms with Gasteiger partial charge in [-0.3, -0.25) is 0 Å². The Bertz CT molecular complexity index is 203. The van der Waals surface area contributed by atoms with Crippen LogP contribution in [0, 0.1) is 11.8 Å². The van der Waals surface area contributed by atoms with Crippen LogP contribution in [0.25, 0.3) is 0 Å². The molecule has 0 aromatic carbocycles. The summed E-state index contributed by atoms with van der Waals surface area (Å²) in [5.41, 5.74) is 0. The Labute approximate surface area is 94.4 Å². The summed E-state index contributed by atoms with van der Waals surface area (Å²) >= 11 is 0. The Morgan fingerprint density at radius 3 is 2.87 bits per heavy atom. The molecule has 2 fully saturated rings. The van der Waals surface area contributed by atoms with Gasteiger partial charge in [0.25, 0.3) is 0 Å². The van der Waals surface area contributed by atoms with Gasteiger partial charge in [0.15, 0.2) is 0 Å². The molecule has 1 unspecified atom stereocenters. The van der Waals surface area contributed by atoms with Crippen LogP contribution >= 0.6 is 0 Å². The molecule has 1 saturated heterocycles. The van der Waals surface area contributed by atoms with Gasteiger partial charge in [0, 0.05) is 25.2 Å². The van der Waals surface area contributed by atoms with Crippen LogP contribution in [0.3, 0.4) is 0 Å². The van der Waals surface area contributed by atoms with Gasteiger partial charge in [0.2, 0.25) is 0 Å². The van der Waals surface area contributed by atoms with Gasteiger partial charge >= 0.3 is 0 Å². The zero-order valence-corrected chi connectivity index (χ0v) is 10.5. The van der Waals surface area contributed by atoms with Gasteiger partial charge < -0.3 is 10.2 Å². The van der Waals surface area contributed by atoms with Crippen molar-refractivity contribution < 1.29 is 0 Å². The molecule has 0 aromatic rings. The second kappa shape index (κ2) is 4.84. The smallest absolute Gasteiger partial charge is 0.0138 e. The van der Waals surface area contributed by atoms with Crippen molar-refractivity contribution >= 4 is 0 Å². The number of nitrogens with zero attached hydrogens (tertiary/aromatic N) is 1. The van der Waals surface area contributed by atoms with E-state index in [1.165, 1.54) is 38.8 Å². The molecule has 1 heterocycles. The molecule has 1 aliphatic carbocycles. The van der Waals surface area contributed by atoms with Crippen molar-refractivity contribution in [1.29, 1.82) is 0 Å². The Morgan fingerprint density at radius 1 is 1.33 bits per heavy atom. The molecule has 0 bridgehead atoms. The summed E-state index contributed by atoms with van der Waals surface area (Å²) in [5.74, 6) is 1.75. The molecule has 0 radical (unpaired) electrons. The highest BCUT2D eigenvalue weighted by Gasteiger charge is 2.37. The van der Waals surface area contributed by atoms with E-state index in [0.29, 0.717) is 0 Å². The predicted octanol–water partition coefficient (Wildman–Crippen LogP) is 2.10. The monoisotopic (exact) mass is 210 g/mol. The number of nitrogens with one attached hydrogen (secondary N) is 1. The highest BCUT2D eigenvalue weighted by atomic mass is 15.2. The quantitative estimate of drug-likeness (QED) is 0.751. The van der Waals surface area contributed by atoms with Gasteiger partial charge in [-0.2, -0.15) is 0 Å². The van der Waals surface area contributed by atoms with Crippen LogP contribution in [0.5, 0.6) is 0 Å². The molecule has 0 aromatic heterocycles. The first-order valence-electron chi connectivity index (χ1n) is 6.62. The van der Waals surface area contributed by atoms with Crippen LogP contribution in [0.2, 0.25) is 0 Å². The minimum atomic E-state index is 0.818. The first kappa shape index (κ1) is 11.4. The highest BCUT2D eigenvalue weighted by molar-refractivity contribution is 4.94. The minimum absolute atomic E-state index is 0.818. The molecule has 1 aliphatic heterocycles. The van der Waals surface area contributed by atoms with E-state index >= 15 is 0 Å².